The number of likely N-dealkylation sites (N-methyl/N-ethyl adjacent to an activating group) is 1. The molecule has 1 atom stereocenters. The molecular formula is C21H24N2O3S. The summed E-state index contributed by atoms with van der Waals surface area (Å²) in [6.45, 7) is 4.59. The summed E-state index contributed by atoms with van der Waals surface area (Å²) < 4.78 is 28.4. The minimum absolute atomic E-state index is 0.00557. The third-order valence-electron chi connectivity index (χ3n) is 5.73. The molecule has 4 rings (SSSR count). The number of anilines is 1. The Balaban J connectivity index is 1.73. The highest BCUT2D eigenvalue weighted by atomic mass is 32.2. The average Bonchev–Trinajstić information content (AvgIpc) is 3.23. The Bertz CT molecular complexity index is 1030. The molecular weight excluding hydrogens is 360 g/mol. The fourth-order valence-corrected chi connectivity index (χ4v) is 5.93. The van der Waals surface area contributed by atoms with Crippen LogP contribution in [0.4, 0.5) is 5.69 Å². The van der Waals surface area contributed by atoms with E-state index in [1.165, 1.54) is 0 Å². The summed E-state index contributed by atoms with van der Waals surface area (Å²) in [4.78, 5) is 13.8. The van der Waals surface area contributed by atoms with Crippen LogP contribution >= 0.6 is 0 Å². The summed E-state index contributed by atoms with van der Waals surface area (Å²) in [5, 5.41) is 0. The average molecular weight is 385 g/mol. The SMILES string of the molecule is Cc1ccc(C)c([C@H]2CCCN2S(=O)(=O)c2ccc3c(c2)CC(=O)N3C)c1. The molecule has 1 saturated heterocycles. The van der Waals surface area contributed by atoms with Crippen LogP contribution in [0.25, 0.3) is 0 Å². The lowest BCUT2D eigenvalue weighted by Gasteiger charge is -2.26. The molecule has 2 aromatic carbocycles. The van der Waals surface area contributed by atoms with Gasteiger partial charge in [-0.2, -0.15) is 4.31 Å². The van der Waals surface area contributed by atoms with E-state index in [0.29, 0.717) is 6.54 Å². The standard InChI is InChI=1S/C21H24N2O3S/c1-14-6-7-15(2)18(11-14)20-5-4-10-23(20)27(25,26)17-8-9-19-16(12-17)13-21(24)22(19)3/h6-9,11-12,20H,4-5,10,13H2,1-3H3/t20-/m1/s1. The van der Waals surface area contributed by atoms with Gasteiger partial charge in [-0.1, -0.05) is 23.8 Å². The molecule has 0 spiro atoms. The minimum Gasteiger partial charge on any atom is -0.315 e. The quantitative estimate of drug-likeness (QED) is 0.815. The van der Waals surface area contributed by atoms with Gasteiger partial charge in [0.15, 0.2) is 0 Å². The van der Waals surface area contributed by atoms with Crippen molar-refractivity contribution in [1.82, 2.24) is 4.31 Å². The Morgan fingerprint density at radius 2 is 1.85 bits per heavy atom. The molecule has 0 radical (unpaired) electrons. The summed E-state index contributed by atoms with van der Waals surface area (Å²) in [7, 11) is -1.90. The fraction of sp³-hybridized carbons (Fsp3) is 0.381. The zero-order chi connectivity index (χ0) is 19.3. The number of aryl methyl sites for hydroxylation is 2. The lowest BCUT2D eigenvalue weighted by atomic mass is 9.98. The first-order chi connectivity index (χ1) is 12.8. The van der Waals surface area contributed by atoms with Crippen LogP contribution in [0.5, 0.6) is 0 Å². The zero-order valence-corrected chi connectivity index (χ0v) is 16.7. The van der Waals surface area contributed by atoms with E-state index in [9.17, 15) is 13.2 Å². The molecule has 0 bridgehead atoms. The van der Waals surface area contributed by atoms with E-state index in [0.717, 1.165) is 40.8 Å². The molecule has 0 N–H and O–H groups in total. The lowest BCUT2D eigenvalue weighted by Crippen LogP contribution is -2.31. The van der Waals surface area contributed by atoms with Crippen LogP contribution < -0.4 is 4.90 Å². The number of fused-ring (bicyclic) bond motifs is 1. The van der Waals surface area contributed by atoms with Gasteiger partial charge in [-0.25, -0.2) is 8.42 Å². The molecule has 6 heteroatoms. The summed E-state index contributed by atoms with van der Waals surface area (Å²) >= 11 is 0. The van der Waals surface area contributed by atoms with Gasteiger partial charge in [0.2, 0.25) is 15.9 Å². The number of rotatable bonds is 3. The molecule has 2 heterocycles. The normalized spacial score (nSPS) is 20.3. The van der Waals surface area contributed by atoms with Crippen LogP contribution in [0.15, 0.2) is 41.3 Å². The highest BCUT2D eigenvalue weighted by molar-refractivity contribution is 7.89. The maximum Gasteiger partial charge on any atom is 0.243 e. The number of carbonyl (C=O) groups is 1. The van der Waals surface area contributed by atoms with E-state index in [1.807, 2.05) is 13.8 Å². The van der Waals surface area contributed by atoms with Crippen molar-refractivity contribution in [2.75, 3.05) is 18.5 Å². The first kappa shape index (κ1) is 18.2. The molecule has 2 aromatic rings. The second-order valence-corrected chi connectivity index (χ2v) is 9.44. The van der Waals surface area contributed by atoms with Crippen LogP contribution in [0.2, 0.25) is 0 Å². The molecule has 0 saturated carbocycles. The van der Waals surface area contributed by atoms with E-state index >= 15 is 0 Å². The number of benzene rings is 2. The van der Waals surface area contributed by atoms with Gasteiger partial charge in [-0.05, 0) is 61.6 Å². The lowest BCUT2D eigenvalue weighted by molar-refractivity contribution is -0.117. The molecule has 27 heavy (non-hydrogen) atoms. The van der Waals surface area contributed by atoms with Crippen molar-refractivity contribution in [3.63, 3.8) is 0 Å². The van der Waals surface area contributed by atoms with Crippen molar-refractivity contribution in [3.8, 4) is 0 Å². The van der Waals surface area contributed by atoms with Crippen molar-refractivity contribution >= 4 is 21.6 Å². The van der Waals surface area contributed by atoms with Gasteiger partial charge in [0.05, 0.1) is 17.4 Å². The molecule has 1 fully saturated rings. The van der Waals surface area contributed by atoms with Crippen LogP contribution in [-0.2, 0) is 21.2 Å². The molecule has 2 aliphatic heterocycles. The Morgan fingerprint density at radius 3 is 2.63 bits per heavy atom. The predicted molar refractivity (Wildman–Crippen MR) is 105 cm³/mol. The van der Waals surface area contributed by atoms with Crippen LogP contribution in [0.3, 0.4) is 0 Å². The van der Waals surface area contributed by atoms with Crippen molar-refractivity contribution in [1.29, 1.82) is 0 Å². The van der Waals surface area contributed by atoms with Crippen molar-refractivity contribution in [2.45, 2.75) is 44.0 Å². The molecule has 1 amide bonds. The van der Waals surface area contributed by atoms with Crippen molar-refractivity contribution in [3.05, 3.63) is 58.7 Å². The Labute approximate surface area is 160 Å². The van der Waals surface area contributed by atoms with Crippen LogP contribution in [0, 0.1) is 13.8 Å². The number of sulfonamides is 1. The third-order valence-corrected chi connectivity index (χ3v) is 7.64. The second-order valence-electron chi connectivity index (χ2n) is 7.55. The van der Waals surface area contributed by atoms with Gasteiger partial charge in [0.25, 0.3) is 0 Å². The zero-order valence-electron chi connectivity index (χ0n) is 15.9. The van der Waals surface area contributed by atoms with Gasteiger partial charge in [-0.15, -0.1) is 0 Å². The monoisotopic (exact) mass is 384 g/mol. The highest BCUT2D eigenvalue weighted by Crippen LogP contribution is 2.39. The maximum atomic E-state index is 13.4. The number of amides is 1. The Kier molecular flexibility index (Phi) is 4.35. The third kappa shape index (κ3) is 2.97. The van der Waals surface area contributed by atoms with Gasteiger partial charge in [0, 0.05) is 19.3 Å². The van der Waals surface area contributed by atoms with E-state index in [-0.39, 0.29) is 23.3 Å². The van der Waals surface area contributed by atoms with Gasteiger partial charge in [-0.3, -0.25) is 4.79 Å². The van der Waals surface area contributed by atoms with Gasteiger partial charge < -0.3 is 4.90 Å². The summed E-state index contributed by atoms with van der Waals surface area (Å²) in [5.41, 5.74) is 4.93. The van der Waals surface area contributed by atoms with Crippen LogP contribution in [0.1, 0.15) is 41.1 Å². The molecule has 0 aliphatic carbocycles. The maximum absolute atomic E-state index is 13.4. The molecule has 142 valence electrons. The molecule has 2 aliphatic rings. The first-order valence-corrected chi connectivity index (χ1v) is 10.7. The number of hydrogen-bond acceptors (Lipinski definition) is 3. The number of nitrogens with zero attached hydrogens (tertiary/aromatic N) is 2. The topological polar surface area (TPSA) is 57.7 Å². The van der Waals surface area contributed by atoms with Crippen molar-refractivity contribution in [2.24, 2.45) is 0 Å². The first-order valence-electron chi connectivity index (χ1n) is 9.27. The fourth-order valence-electron chi connectivity index (χ4n) is 4.20. The minimum atomic E-state index is -3.62. The van der Waals surface area contributed by atoms with E-state index < -0.39 is 10.0 Å². The summed E-state index contributed by atoms with van der Waals surface area (Å²) in [6, 6.07) is 11.1. The largest absolute Gasteiger partial charge is 0.315 e. The number of carbonyl (C=O) groups excluding carboxylic acids is 1. The number of hydrogen-bond donors (Lipinski definition) is 0. The van der Waals surface area contributed by atoms with Gasteiger partial charge in [0.1, 0.15) is 0 Å². The molecule has 0 aromatic heterocycles. The van der Waals surface area contributed by atoms with E-state index in [4.69, 9.17) is 0 Å². The van der Waals surface area contributed by atoms with Gasteiger partial charge >= 0.3 is 0 Å². The Hall–Kier alpha value is -2.18. The summed E-state index contributed by atoms with van der Waals surface area (Å²) in [6.07, 6.45) is 1.94. The smallest absolute Gasteiger partial charge is 0.243 e. The van der Waals surface area contributed by atoms with E-state index in [1.54, 1.807) is 34.5 Å². The molecule has 0 unspecified atom stereocenters. The van der Waals surface area contributed by atoms with Crippen LogP contribution in [-0.4, -0.2) is 32.2 Å². The van der Waals surface area contributed by atoms with E-state index in [2.05, 4.69) is 18.2 Å². The summed E-state index contributed by atoms with van der Waals surface area (Å²) in [5.74, 6) is -0.00557. The Morgan fingerprint density at radius 1 is 1.07 bits per heavy atom. The van der Waals surface area contributed by atoms with Crippen molar-refractivity contribution < 1.29 is 13.2 Å². The molecule has 5 nitrogen and oxygen atoms in total. The highest BCUT2D eigenvalue weighted by Gasteiger charge is 2.37. The predicted octanol–water partition coefficient (Wildman–Crippen LogP) is 3.35. The second kappa shape index (κ2) is 6.46.